The number of rotatable bonds is 6. The first kappa shape index (κ1) is 20.9. The molecule has 0 bridgehead atoms. The number of quaternary nitrogens is 1. The van der Waals surface area contributed by atoms with Gasteiger partial charge < -0.3 is 15.1 Å². The van der Waals surface area contributed by atoms with Crippen molar-refractivity contribution >= 4 is 33.4 Å². The summed E-state index contributed by atoms with van der Waals surface area (Å²) in [5, 5.41) is 2.95. The molecule has 1 fully saturated rings. The number of aryl methyl sites for hydroxylation is 1. The third kappa shape index (κ3) is 5.55. The molecule has 0 saturated heterocycles. The second-order valence-electron chi connectivity index (χ2n) is 7.49. The van der Waals surface area contributed by atoms with Crippen LogP contribution in [0.1, 0.15) is 44.6 Å². The molecular formula is C20H31BrN3O2+. The van der Waals surface area contributed by atoms with E-state index in [0.29, 0.717) is 6.04 Å². The van der Waals surface area contributed by atoms with E-state index in [1.165, 1.54) is 19.3 Å². The van der Waals surface area contributed by atoms with Crippen LogP contribution in [0.15, 0.2) is 22.7 Å². The molecule has 5 nitrogen and oxygen atoms in total. The SMILES string of the molecule is Cc1cc(Br)ccc1NC(=O)C[NH+](C)[C@H](C)C(=O)N(C)C1CCCCC1. The van der Waals surface area contributed by atoms with Gasteiger partial charge in [0.25, 0.3) is 11.8 Å². The third-order valence-corrected chi connectivity index (χ3v) is 5.97. The van der Waals surface area contributed by atoms with Crippen LogP contribution in [0.25, 0.3) is 0 Å². The summed E-state index contributed by atoms with van der Waals surface area (Å²) in [6, 6.07) is 5.88. The molecule has 0 radical (unpaired) electrons. The summed E-state index contributed by atoms with van der Waals surface area (Å²) < 4.78 is 0.987. The first-order valence-electron chi connectivity index (χ1n) is 9.44. The zero-order chi connectivity index (χ0) is 19.3. The van der Waals surface area contributed by atoms with Gasteiger partial charge >= 0.3 is 0 Å². The average molecular weight is 425 g/mol. The molecule has 0 aromatic heterocycles. The number of nitrogens with zero attached hydrogens (tertiary/aromatic N) is 1. The molecule has 0 spiro atoms. The van der Waals surface area contributed by atoms with Gasteiger partial charge in [-0.2, -0.15) is 0 Å². The zero-order valence-electron chi connectivity index (χ0n) is 16.3. The number of carbonyl (C=O) groups excluding carboxylic acids is 2. The van der Waals surface area contributed by atoms with Gasteiger partial charge in [0.15, 0.2) is 12.6 Å². The van der Waals surface area contributed by atoms with Crippen LogP contribution >= 0.6 is 15.9 Å². The Morgan fingerprint density at radius 2 is 1.96 bits per heavy atom. The molecule has 1 aromatic carbocycles. The average Bonchev–Trinajstić information content (AvgIpc) is 2.62. The predicted molar refractivity (Wildman–Crippen MR) is 108 cm³/mol. The van der Waals surface area contributed by atoms with Crippen LogP contribution in [-0.2, 0) is 9.59 Å². The number of anilines is 1. The van der Waals surface area contributed by atoms with Gasteiger partial charge in [-0.15, -0.1) is 0 Å². The summed E-state index contributed by atoms with van der Waals surface area (Å²) in [5.41, 5.74) is 1.82. The molecule has 1 unspecified atom stereocenters. The van der Waals surface area contributed by atoms with Gasteiger partial charge in [-0.3, -0.25) is 9.59 Å². The number of hydrogen-bond donors (Lipinski definition) is 2. The molecular weight excluding hydrogens is 394 g/mol. The largest absolute Gasteiger partial charge is 0.338 e. The molecule has 1 aromatic rings. The van der Waals surface area contributed by atoms with Gasteiger partial charge in [0, 0.05) is 23.2 Å². The number of nitrogens with one attached hydrogen (secondary N) is 2. The third-order valence-electron chi connectivity index (χ3n) is 5.48. The second-order valence-corrected chi connectivity index (χ2v) is 8.41. The van der Waals surface area contributed by atoms with Gasteiger partial charge in [-0.25, -0.2) is 0 Å². The highest BCUT2D eigenvalue weighted by molar-refractivity contribution is 9.10. The molecule has 2 amide bonds. The Labute approximate surface area is 165 Å². The molecule has 26 heavy (non-hydrogen) atoms. The summed E-state index contributed by atoms with van der Waals surface area (Å²) in [5.74, 6) is 0.0508. The lowest BCUT2D eigenvalue weighted by molar-refractivity contribution is -0.886. The lowest BCUT2D eigenvalue weighted by Gasteiger charge is -2.33. The fraction of sp³-hybridized carbons (Fsp3) is 0.600. The smallest absolute Gasteiger partial charge is 0.280 e. The minimum Gasteiger partial charge on any atom is -0.338 e. The van der Waals surface area contributed by atoms with Crippen molar-refractivity contribution in [2.75, 3.05) is 26.0 Å². The van der Waals surface area contributed by atoms with Crippen LogP contribution in [0.4, 0.5) is 5.69 Å². The highest BCUT2D eigenvalue weighted by Crippen LogP contribution is 2.22. The van der Waals surface area contributed by atoms with Crippen molar-refractivity contribution in [3.63, 3.8) is 0 Å². The van der Waals surface area contributed by atoms with Crippen molar-refractivity contribution in [3.8, 4) is 0 Å². The Bertz CT molecular complexity index is 644. The van der Waals surface area contributed by atoms with Gasteiger partial charge in [-0.05, 0) is 50.5 Å². The van der Waals surface area contributed by atoms with E-state index in [1.807, 2.05) is 51.0 Å². The van der Waals surface area contributed by atoms with Gasteiger partial charge in [0.1, 0.15) is 0 Å². The summed E-state index contributed by atoms with van der Waals surface area (Å²) in [4.78, 5) is 28.0. The van der Waals surface area contributed by atoms with Crippen molar-refractivity contribution in [2.45, 2.75) is 58.0 Å². The van der Waals surface area contributed by atoms with Crippen molar-refractivity contribution in [2.24, 2.45) is 0 Å². The van der Waals surface area contributed by atoms with Gasteiger partial charge in [0.2, 0.25) is 0 Å². The van der Waals surface area contributed by atoms with Crippen LogP contribution < -0.4 is 10.2 Å². The van der Waals surface area contributed by atoms with Gasteiger partial charge in [-0.1, -0.05) is 35.2 Å². The summed E-state index contributed by atoms with van der Waals surface area (Å²) >= 11 is 3.43. The number of hydrogen-bond acceptors (Lipinski definition) is 2. The van der Waals surface area contributed by atoms with Crippen molar-refractivity contribution in [1.29, 1.82) is 0 Å². The van der Waals surface area contributed by atoms with Crippen LogP contribution in [-0.4, -0.2) is 49.4 Å². The van der Waals surface area contributed by atoms with Crippen molar-refractivity contribution < 1.29 is 14.5 Å². The van der Waals surface area contributed by atoms with Crippen molar-refractivity contribution in [3.05, 3.63) is 28.2 Å². The van der Waals surface area contributed by atoms with Crippen molar-refractivity contribution in [1.82, 2.24) is 4.90 Å². The minimum atomic E-state index is -0.237. The fourth-order valence-electron chi connectivity index (χ4n) is 3.53. The minimum absolute atomic E-state index is 0.0760. The molecule has 144 valence electrons. The first-order chi connectivity index (χ1) is 12.3. The summed E-state index contributed by atoms with van der Waals surface area (Å²) in [6.45, 7) is 4.14. The van der Waals surface area contributed by atoms with Crippen LogP contribution in [0.3, 0.4) is 0 Å². The van der Waals surface area contributed by atoms with E-state index >= 15 is 0 Å². The molecule has 2 N–H and O–H groups in total. The fourth-order valence-corrected chi connectivity index (χ4v) is 4.01. The van der Waals surface area contributed by atoms with E-state index in [4.69, 9.17) is 0 Å². The Hall–Kier alpha value is -1.40. The number of amides is 2. The number of halogens is 1. The summed E-state index contributed by atoms with van der Waals surface area (Å²) in [7, 11) is 3.82. The second kappa shape index (κ2) is 9.51. The van der Waals surface area contributed by atoms with E-state index < -0.39 is 0 Å². The molecule has 6 heteroatoms. The zero-order valence-corrected chi connectivity index (χ0v) is 17.9. The molecule has 0 heterocycles. The molecule has 0 aliphatic heterocycles. The number of likely N-dealkylation sites (N-methyl/N-ethyl adjacent to an activating group) is 2. The van der Waals surface area contributed by atoms with Crippen LogP contribution in [0, 0.1) is 6.92 Å². The molecule has 2 atom stereocenters. The number of carbonyl (C=O) groups is 2. The Morgan fingerprint density at radius 3 is 2.58 bits per heavy atom. The van der Waals surface area contributed by atoms with Crippen LogP contribution in [0.2, 0.25) is 0 Å². The van der Waals surface area contributed by atoms with Gasteiger partial charge in [0.05, 0.1) is 7.05 Å². The maximum absolute atomic E-state index is 12.8. The Balaban J connectivity index is 1.89. The van der Waals surface area contributed by atoms with E-state index in [-0.39, 0.29) is 24.4 Å². The first-order valence-corrected chi connectivity index (χ1v) is 10.2. The quantitative estimate of drug-likeness (QED) is 0.736. The lowest BCUT2D eigenvalue weighted by Crippen LogP contribution is -3.15. The maximum Gasteiger partial charge on any atom is 0.280 e. The van der Waals surface area contributed by atoms with E-state index in [9.17, 15) is 9.59 Å². The maximum atomic E-state index is 12.8. The lowest BCUT2D eigenvalue weighted by atomic mass is 9.94. The van der Waals surface area contributed by atoms with E-state index in [2.05, 4.69) is 21.2 Å². The number of benzene rings is 1. The highest BCUT2D eigenvalue weighted by Gasteiger charge is 2.30. The molecule has 1 saturated carbocycles. The highest BCUT2D eigenvalue weighted by atomic mass is 79.9. The molecule has 1 aliphatic carbocycles. The normalized spacial score (nSPS) is 17.4. The molecule has 1 aliphatic rings. The summed E-state index contributed by atoms with van der Waals surface area (Å²) in [6.07, 6.45) is 5.87. The van der Waals surface area contributed by atoms with Crippen LogP contribution in [0.5, 0.6) is 0 Å². The Kier molecular flexibility index (Phi) is 7.65. The van der Waals surface area contributed by atoms with E-state index in [0.717, 1.165) is 33.5 Å². The Morgan fingerprint density at radius 1 is 1.31 bits per heavy atom. The predicted octanol–water partition coefficient (Wildman–Crippen LogP) is 2.39. The molecule has 2 rings (SSSR count). The van der Waals surface area contributed by atoms with E-state index in [1.54, 1.807) is 0 Å². The topological polar surface area (TPSA) is 53.9 Å². The standard InChI is InChI=1S/C20H30BrN3O2/c1-14-12-16(21)10-11-18(14)22-19(25)13-23(3)15(2)20(26)24(4)17-8-6-5-7-9-17/h10-12,15,17H,5-9,13H2,1-4H3,(H,22,25)/p+1/t15-/m1/s1. The monoisotopic (exact) mass is 424 g/mol.